The molecule has 0 spiro atoms. The van der Waals surface area contributed by atoms with Crippen LogP contribution in [0, 0.1) is 0 Å². The monoisotopic (exact) mass is 300 g/mol. The summed E-state index contributed by atoms with van der Waals surface area (Å²) in [5, 5.41) is 7.46. The Hall–Kier alpha value is -1.83. The maximum Gasteiger partial charge on any atom is 0.522 e. The Morgan fingerprint density at radius 1 is 1.24 bits per heavy atom. The molecule has 1 saturated carbocycles. The molecule has 1 N–H and O–H groups in total. The molecule has 1 fully saturated rings. The first-order chi connectivity index (χ1) is 9.99. The predicted molar refractivity (Wildman–Crippen MR) is 69.8 cm³/mol. The zero-order valence-corrected chi connectivity index (χ0v) is 11.2. The van der Waals surface area contributed by atoms with E-state index < -0.39 is 12.5 Å². The number of alkyl halides is 3. The molecule has 1 aliphatic carbocycles. The quantitative estimate of drug-likeness (QED) is 0.947. The Kier molecular flexibility index (Phi) is 3.71. The Morgan fingerprint density at radius 3 is 2.71 bits per heavy atom. The molecule has 0 unspecified atom stereocenters. The van der Waals surface area contributed by atoms with E-state index in [-0.39, 0.29) is 6.04 Å². The minimum absolute atomic E-state index is 0.0751. The molecule has 21 heavy (non-hydrogen) atoms. The van der Waals surface area contributed by atoms with Crippen molar-refractivity contribution < 1.29 is 17.9 Å². The highest BCUT2D eigenvalue weighted by atomic mass is 19.4. The summed E-state index contributed by atoms with van der Waals surface area (Å²) in [6.07, 6.45) is 0.196. The molecule has 3 rings (SSSR count). The third-order valence-electron chi connectivity index (χ3n) is 3.59. The van der Waals surface area contributed by atoms with Gasteiger partial charge >= 0.3 is 6.36 Å². The summed E-state index contributed by atoms with van der Waals surface area (Å²) in [5.74, 6) is 0.485. The van der Waals surface area contributed by atoms with Gasteiger partial charge in [0.25, 0.3) is 0 Å². The van der Waals surface area contributed by atoms with Crippen LogP contribution in [0.15, 0.2) is 24.5 Å². The maximum atomic E-state index is 12.1. The Bertz CT molecular complexity index is 605. The van der Waals surface area contributed by atoms with Crippen molar-refractivity contribution in [1.29, 1.82) is 0 Å². The average Bonchev–Trinajstić information content (AvgIpc) is 2.87. The summed E-state index contributed by atoms with van der Waals surface area (Å²) in [6.45, 7) is 0. The zero-order valence-electron chi connectivity index (χ0n) is 11.2. The molecule has 5 nitrogen and oxygen atoms in total. The topological polar surface area (TPSA) is 51.5 Å². The van der Waals surface area contributed by atoms with Crippen LogP contribution in [-0.2, 0) is 4.74 Å². The molecule has 0 saturated heterocycles. The van der Waals surface area contributed by atoms with Gasteiger partial charge in [0.2, 0.25) is 5.95 Å². The number of halogens is 3. The highest BCUT2D eigenvalue weighted by molar-refractivity contribution is 5.45. The van der Waals surface area contributed by atoms with E-state index >= 15 is 0 Å². The van der Waals surface area contributed by atoms with Crippen LogP contribution in [0.1, 0.15) is 25.7 Å². The molecule has 0 amide bonds. The molecule has 0 bridgehead atoms. The van der Waals surface area contributed by atoms with Crippen LogP contribution in [0.2, 0.25) is 0 Å². The van der Waals surface area contributed by atoms with E-state index in [1.165, 1.54) is 0 Å². The fourth-order valence-corrected chi connectivity index (χ4v) is 2.60. The minimum atomic E-state index is -4.55. The van der Waals surface area contributed by atoms with Crippen molar-refractivity contribution in [3.8, 4) is 0 Å². The average molecular weight is 300 g/mol. The molecule has 0 aliphatic heterocycles. The zero-order chi connectivity index (χ0) is 14.9. The second kappa shape index (κ2) is 5.51. The molecule has 2 heterocycles. The summed E-state index contributed by atoms with van der Waals surface area (Å²) >= 11 is 0. The van der Waals surface area contributed by atoms with E-state index in [2.05, 4.69) is 20.1 Å². The number of rotatable bonds is 3. The molecule has 0 radical (unpaired) electrons. The van der Waals surface area contributed by atoms with E-state index in [0.29, 0.717) is 31.6 Å². The lowest BCUT2D eigenvalue weighted by Gasteiger charge is -2.29. The molecular formula is C13H15F3N4O. The lowest BCUT2D eigenvalue weighted by Crippen LogP contribution is -2.33. The van der Waals surface area contributed by atoms with Crippen molar-refractivity contribution in [3.05, 3.63) is 24.5 Å². The highest BCUT2D eigenvalue weighted by Gasteiger charge is 2.35. The number of fused-ring (bicyclic) bond motifs is 1. The van der Waals surface area contributed by atoms with Gasteiger partial charge in [-0.25, -0.2) is 9.50 Å². The van der Waals surface area contributed by atoms with Crippen LogP contribution in [0.4, 0.5) is 19.1 Å². The highest BCUT2D eigenvalue weighted by Crippen LogP contribution is 2.28. The van der Waals surface area contributed by atoms with Crippen LogP contribution in [0.5, 0.6) is 0 Å². The first-order valence-electron chi connectivity index (χ1n) is 6.81. The number of nitrogens with zero attached hydrogens (tertiary/aromatic N) is 3. The van der Waals surface area contributed by atoms with Crippen LogP contribution < -0.4 is 5.32 Å². The first kappa shape index (κ1) is 14.1. The van der Waals surface area contributed by atoms with E-state index in [4.69, 9.17) is 0 Å². The normalized spacial score (nSPS) is 23.4. The van der Waals surface area contributed by atoms with Crippen molar-refractivity contribution in [2.24, 2.45) is 0 Å². The van der Waals surface area contributed by atoms with Gasteiger partial charge < -0.3 is 5.32 Å². The third kappa shape index (κ3) is 3.63. The summed E-state index contributed by atoms with van der Waals surface area (Å²) in [6, 6.07) is 3.84. The van der Waals surface area contributed by atoms with Gasteiger partial charge in [-0.05, 0) is 37.8 Å². The summed E-state index contributed by atoms with van der Waals surface area (Å²) in [4.78, 5) is 4.20. The second-order valence-corrected chi connectivity index (χ2v) is 5.14. The number of ether oxygens (including phenoxy) is 1. The van der Waals surface area contributed by atoms with Crippen LogP contribution in [0.3, 0.4) is 0 Å². The molecule has 2 aromatic heterocycles. The van der Waals surface area contributed by atoms with Crippen molar-refractivity contribution in [1.82, 2.24) is 14.6 Å². The number of hydrogen-bond acceptors (Lipinski definition) is 4. The van der Waals surface area contributed by atoms with Gasteiger partial charge in [-0.2, -0.15) is 0 Å². The molecule has 8 heteroatoms. The lowest BCUT2D eigenvalue weighted by atomic mass is 9.93. The predicted octanol–water partition coefficient (Wildman–Crippen LogP) is 2.99. The lowest BCUT2D eigenvalue weighted by molar-refractivity contribution is -0.345. The summed E-state index contributed by atoms with van der Waals surface area (Å²) < 4.78 is 42.2. The minimum Gasteiger partial charge on any atom is -0.350 e. The number of aromatic nitrogens is 3. The Morgan fingerprint density at radius 2 is 2.00 bits per heavy atom. The fourth-order valence-electron chi connectivity index (χ4n) is 2.60. The summed E-state index contributed by atoms with van der Waals surface area (Å²) in [7, 11) is 0. The second-order valence-electron chi connectivity index (χ2n) is 5.14. The van der Waals surface area contributed by atoms with Crippen molar-refractivity contribution in [2.45, 2.75) is 44.2 Å². The van der Waals surface area contributed by atoms with E-state index in [1.54, 1.807) is 10.7 Å². The van der Waals surface area contributed by atoms with Gasteiger partial charge in [0.1, 0.15) is 0 Å². The van der Waals surface area contributed by atoms with Crippen molar-refractivity contribution >= 4 is 11.5 Å². The van der Waals surface area contributed by atoms with Crippen LogP contribution >= 0.6 is 0 Å². The Balaban J connectivity index is 1.55. The van der Waals surface area contributed by atoms with E-state index in [1.807, 2.05) is 18.3 Å². The summed E-state index contributed by atoms with van der Waals surface area (Å²) in [5.41, 5.74) is 0.892. The van der Waals surface area contributed by atoms with Gasteiger partial charge in [0, 0.05) is 12.2 Å². The maximum absolute atomic E-state index is 12.1. The van der Waals surface area contributed by atoms with Gasteiger partial charge in [-0.1, -0.05) is 0 Å². The first-order valence-corrected chi connectivity index (χ1v) is 6.81. The van der Waals surface area contributed by atoms with Crippen molar-refractivity contribution in [2.75, 3.05) is 5.32 Å². The van der Waals surface area contributed by atoms with Gasteiger partial charge in [0.05, 0.1) is 17.8 Å². The van der Waals surface area contributed by atoms with E-state index in [9.17, 15) is 13.2 Å². The molecule has 0 atom stereocenters. The van der Waals surface area contributed by atoms with Gasteiger partial charge in [0.15, 0.2) is 0 Å². The number of anilines is 1. The van der Waals surface area contributed by atoms with E-state index in [0.717, 1.165) is 5.52 Å². The Labute approximate surface area is 119 Å². The molecule has 1 aliphatic rings. The standard InChI is InChI=1S/C13H15F3N4O/c14-13(15,16)21-11-5-3-9(4-6-11)18-12-17-8-10-2-1-7-20(10)19-12/h1-2,7-9,11H,3-6H2,(H,18,19). The largest absolute Gasteiger partial charge is 0.522 e. The fraction of sp³-hybridized carbons (Fsp3) is 0.538. The molecular weight excluding hydrogens is 285 g/mol. The molecule has 114 valence electrons. The third-order valence-corrected chi connectivity index (χ3v) is 3.59. The van der Waals surface area contributed by atoms with Crippen LogP contribution in [-0.4, -0.2) is 33.1 Å². The van der Waals surface area contributed by atoms with Gasteiger partial charge in [-0.15, -0.1) is 18.3 Å². The van der Waals surface area contributed by atoms with Crippen molar-refractivity contribution in [3.63, 3.8) is 0 Å². The SMILES string of the molecule is FC(F)(F)OC1CCC(Nc2ncc3cccn3n2)CC1. The van der Waals surface area contributed by atoms with Gasteiger partial charge in [-0.3, -0.25) is 4.74 Å². The number of nitrogens with one attached hydrogen (secondary N) is 1. The molecule has 2 aromatic rings. The smallest absolute Gasteiger partial charge is 0.350 e. The number of hydrogen-bond donors (Lipinski definition) is 1. The van der Waals surface area contributed by atoms with Crippen LogP contribution in [0.25, 0.3) is 5.52 Å². The molecule has 0 aromatic carbocycles.